The number of nitrogens with one attached hydrogen (secondary N) is 1. The largest absolute Gasteiger partial charge is 0.350 e. The highest BCUT2D eigenvalue weighted by atomic mass is 35.5. The van der Waals surface area contributed by atoms with Crippen molar-refractivity contribution in [1.29, 1.82) is 0 Å². The van der Waals surface area contributed by atoms with Crippen LogP contribution in [0, 0.1) is 0 Å². The number of pyridine rings is 1. The fourth-order valence-electron chi connectivity index (χ4n) is 2.84. The Morgan fingerprint density at radius 2 is 1.96 bits per heavy atom. The highest BCUT2D eigenvalue weighted by Crippen LogP contribution is 2.28. The molecule has 0 aliphatic carbocycles. The number of para-hydroxylation sites is 1. The minimum atomic E-state index is -0.203. The van der Waals surface area contributed by atoms with E-state index in [9.17, 15) is 4.79 Å². The molecule has 3 heterocycles. The van der Waals surface area contributed by atoms with Gasteiger partial charge in [0, 0.05) is 24.9 Å². The van der Waals surface area contributed by atoms with Gasteiger partial charge < -0.3 is 5.32 Å². The summed E-state index contributed by atoms with van der Waals surface area (Å²) < 4.78 is 1.60. The zero-order valence-corrected chi connectivity index (χ0v) is 16.5. The van der Waals surface area contributed by atoms with Crippen LogP contribution < -0.4 is 5.32 Å². The molecule has 4 rings (SSSR count). The maximum atomic E-state index is 12.9. The second-order valence-corrected chi connectivity index (χ2v) is 7.44. The van der Waals surface area contributed by atoms with Gasteiger partial charge in [-0.3, -0.25) is 9.78 Å². The molecule has 0 saturated carbocycles. The molecule has 0 radical (unpaired) electrons. The van der Waals surface area contributed by atoms with Crippen molar-refractivity contribution in [3.8, 4) is 16.3 Å². The molecule has 1 amide bonds. The van der Waals surface area contributed by atoms with Crippen LogP contribution in [0.4, 0.5) is 0 Å². The summed E-state index contributed by atoms with van der Waals surface area (Å²) in [6.07, 6.45) is 2.40. The van der Waals surface area contributed by atoms with Crippen LogP contribution in [0.2, 0.25) is 5.02 Å². The van der Waals surface area contributed by atoms with E-state index in [4.69, 9.17) is 11.6 Å². The summed E-state index contributed by atoms with van der Waals surface area (Å²) in [5.41, 5.74) is 2.78. The number of nitrogens with zero attached hydrogens (tertiary/aromatic N) is 3. The maximum absolute atomic E-state index is 12.9. The Bertz CT molecular complexity index is 1080. The number of amides is 1. The molecule has 5 nitrogen and oxygen atoms in total. The number of benzene rings is 1. The van der Waals surface area contributed by atoms with Crippen molar-refractivity contribution in [2.45, 2.75) is 6.42 Å². The highest BCUT2D eigenvalue weighted by Gasteiger charge is 2.19. The molecule has 0 aliphatic heterocycles. The van der Waals surface area contributed by atoms with Gasteiger partial charge in [-0.15, -0.1) is 11.3 Å². The molecule has 3 aromatic heterocycles. The molecule has 0 saturated heterocycles. The normalized spacial score (nSPS) is 10.8. The SMILES string of the molecule is O=C(NCCc1ccccn1)c1cc(-c2cccs2)nn1-c1ccccc1Cl. The third-order valence-electron chi connectivity index (χ3n) is 4.19. The number of hydrogen-bond donors (Lipinski definition) is 1. The van der Waals surface area contributed by atoms with Crippen molar-refractivity contribution in [1.82, 2.24) is 20.1 Å². The predicted molar refractivity (Wildman–Crippen MR) is 112 cm³/mol. The summed E-state index contributed by atoms with van der Waals surface area (Å²) in [4.78, 5) is 18.2. The Labute approximate surface area is 171 Å². The first-order valence-electron chi connectivity index (χ1n) is 8.79. The van der Waals surface area contributed by atoms with Crippen molar-refractivity contribution in [2.75, 3.05) is 6.54 Å². The molecular formula is C21H17ClN4OS. The van der Waals surface area contributed by atoms with Crippen LogP contribution >= 0.6 is 22.9 Å². The topological polar surface area (TPSA) is 59.8 Å². The number of hydrogen-bond acceptors (Lipinski definition) is 4. The Morgan fingerprint density at radius 1 is 1.11 bits per heavy atom. The van der Waals surface area contributed by atoms with E-state index in [-0.39, 0.29) is 5.91 Å². The van der Waals surface area contributed by atoms with E-state index >= 15 is 0 Å². The van der Waals surface area contributed by atoms with E-state index in [0.717, 1.165) is 16.3 Å². The summed E-state index contributed by atoms with van der Waals surface area (Å²) in [6, 6.07) is 18.8. The Balaban J connectivity index is 1.61. The van der Waals surface area contributed by atoms with Gasteiger partial charge in [0.2, 0.25) is 0 Å². The van der Waals surface area contributed by atoms with Crippen molar-refractivity contribution in [3.63, 3.8) is 0 Å². The quantitative estimate of drug-likeness (QED) is 0.506. The van der Waals surface area contributed by atoms with Crippen LogP contribution in [0.25, 0.3) is 16.3 Å². The van der Waals surface area contributed by atoms with Crippen molar-refractivity contribution >= 4 is 28.8 Å². The molecule has 4 aromatic rings. The molecular weight excluding hydrogens is 392 g/mol. The average Bonchev–Trinajstić information content (AvgIpc) is 3.39. The van der Waals surface area contributed by atoms with Gasteiger partial charge in [0.15, 0.2) is 0 Å². The second-order valence-electron chi connectivity index (χ2n) is 6.08. The lowest BCUT2D eigenvalue weighted by Gasteiger charge is -2.09. The molecule has 0 aliphatic rings. The Morgan fingerprint density at radius 3 is 2.71 bits per heavy atom. The number of carbonyl (C=O) groups is 1. The van der Waals surface area contributed by atoms with Crippen LogP contribution in [0.15, 0.2) is 72.2 Å². The van der Waals surface area contributed by atoms with E-state index in [0.29, 0.717) is 29.4 Å². The highest BCUT2D eigenvalue weighted by molar-refractivity contribution is 7.13. The average molecular weight is 409 g/mol. The van der Waals surface area contributed by atoms with Gasteiger partial charge in [-0.05, 0) is 41.8 Å². The van der Waals surface area contributed by atoms with Gasteiger partial charge in [0.05, 0.1) is 15.6 Å². The first-order chi connectivity index (χ1) is 13.7. The molecule has 0 fully saturated rings. The van der Waals surface area contributed by atoms with Crippen LogP contribution in [0.1, 0.15) is 16.2 Å². The summed E-state index contributed by atoms with van der Waals surface area (Å²) in [7, 11) is 0. The summed E-state index contributed by atoms with van der Waals surface area (Å²) in [5.74, 6) is -0.203. The lowest BCUT2D eigenvalue weighted by molar-refractivity contribution is 0.0946. The number of carbonyl (C=O) groups excluding carboxylic acids is 1. The lowest BCUT2D eigenvalue weighted by atomic mass is 10.2. The predicted octanol–water partition coefficient (Wildman–Crippen LogP) is 4.62. The van der Waals surface area contributed by atoms with Gasteiger partial charge in [0.25, 0.3) is 5.91 Å². The van der Waals surface area contributed by atoms with E-state index < -0.39 is 0 Å². The van der Waals surface area contributed by atoms with Gasteiger partial charge in [-0.1, -0.05) is 35.9 Å². The first kappa shape index (κ1) is 18.4. The van der Waals surface area contributed by atoms with E-state index in [2.05, 4.69) is 15.4 Å². The molecule has 140 valence electrons. The molecule has 0 spiro atoms. The molecule has 28 heavy (non-hydrogen) atoms. The number of halogens is 1. The van der Waals surface area contributed by atoms with Gasteiger partial charge in [-0.2, -0.15) is 5.10 Å². The third-order valence-corrected chi connectivity index (χ3v) is 5.40. The first-order valence-corrected chi connectivity index (χ1v) is 10.0. The third kappa shape index (κ3) is 3.98. The van der Waals surface area contributed by atoms with E-state index in [1.54, 1.807) is 34.3 Å². The maximum Gasteiger partial charge on any atom is 0.270 e. The summed E-state index contributed by atoms with van der Waals surface area (Å²) >= 11 is 7.93. The van der Waals surface area contributed by atoms with Crippen LogP contribution in [-0.4, -0.2) is 27.2 Å². The lowest BCUT2D eigenvalue weighted by Crippen LogP contribution is -2.28. The van der Waals surface area contributed by atoms with Crippen molar-refractivity contribution in [3.05, 3.63) is 88.7 Å². The van der Waals surface area contributed by atoms with E-state index in [1.165, 1.54) is 0 Å². The summed E-state index contributed by atoms with van der Waals surface area (Å²) in [5, 5.41) is 10.1. The molecule has 0 atom stereocenters. The fourth-order valence-corrected chi connectivity index (χ4v) is 3.73. The second kappa shape index (κ2) is 8.37. The van der Waals surface area contributed by atoms with Crippen LogP contribution in [0.5, 0.6) is 0 Å². The number of rotatable bonds is 6. The smallest absolute Gasteiger partial charge is 0.270 e. The van der Waals surface area contributed by atoms with Crippen LogP contribution in [-0.2, 0) is 6.42 Å². The molecule has 1 aromatic carbocycles. The van der Waals surface area contributed by atoms with Crippen molar-refractivity contribution < 1.29 is 4.79 Å². The Hall–Kier alpha value is -2.96. The monoisotopic (exact) mass is 408 g/mol. The zero-order chi connectivity index (χ0) is 19.3. The zero-order valence-electron chi connectivity index (χ0n) is 14.9. The van der Waals surface area contributed by atoms with Gasteiger partial charge >= 0.3 is 0 Å². The molecule has 1 N–H and O–H groups in total. The van der Waals surface area contributed by atoms with Crippen molar-refractivity contribution in [2.24, 2.45) is 0 Å². The number of aromatic nitrogens is 3. The molecule has 0 bridgehead atoms. The molecule has 0 unspecified atom stereocenters. The minimum Gasteiger partial charge on any atom is -0.350 e. The summed E-state index contributed by atoms with van der Waals surface area (Å²) in [6.45, 7) is 0.484. The van der Waals surface area contributed by atoms with E-state index in [1.807, 2.05) is 53.9 Å². The fraction of sp³-hybridized carbons (Fsp3) is 0.0952. The minimum absolute atomic E-state index is 0.203. The van der Waals surface area contributed by atoms with Gasteiger partial charge in [-0.25, -0.2) is 4.68 Å². The number of thiophene rings is 1. The van der Waals surface area contributed by atoms with Crippen LogP contribution in [0.3, 0.4) is 0 Å². The standard InChI is InChI=1S/C21H17ClN4OS/c22-16-7-1-2-8-18(16)26-19(14-17(25-26)20-9-5-13-28-20)21(27)24-12-10-15-6-3-4-11-23-15/h1-9,11,13-14H,10,12H2,(H,24,27). The van der Waals surface area contributed by atoms with Gasteiger partial charge in [0.1, 0.15) is 11.4 Å². The Kier molecular flexibility index (Phi) is 5.50. The molecule has 7 heteroatoms.